The van der Waals surface area contributed by atoms with E-state index in [0.717, 1.165) is 0 Å². The van der Waals surface area contributed by atoms with E-state index in [1.54, 1.807) is 24.3 Å². The number of hydrogen-bond donors (Lipinski definition) is 2. The van der Waals surface area contributed by atoms with Crippen LogP contribution in [0.4, 0.5) is 21.5 Å². The van der Waals surface area contributed by atoms with E-state index < -0.39 is 5.82 Å². The summed E-state index contributed by atoms with van der Waals surface area (Å²) in [5.41, 5.74) is 7.71. The minimum atomic E-state index is -0.431. The predicted molar refractivity (Wildman–Crippen MR) is 79.5 cm³/mol. The Kier molecular flexibility index (Phi) is 4.11. The number of ether oxygens (including phenoxy) is 1. The minimum Gasteiger partial charge on any atom is -0.495 e. The Hall–Kier alpha value is -2.26. The van der Waals surface area contributed by atoms with Crippen LogP contribution in [-0.2, 0) is 0 Å². The monoisotopic (exact) mass is 335 g/mol. The van der Waals surface area contributed by atoms with Crippen molar-refractivity contribution >= 4 is 33.0 Å². The van der Waals surface area contributed by atoms with Gasteiger partial charge in [-0.1, -0.05) is 0 Å². The van der Waals surface area contributed by atoms with Gasteiger partial charge in [0.15, 0.2) is 0 Å². The predicted octanol–water partition coefficient (Wildman–Crippen LogP) is 3.79. The fraction of sp³-hybridized carbons (Fsp3) is 0.0714. The number of nitrogen functional groups attached to an aromatic ring is 1. The van der Waals surface area contributed by atoms with Gasteiger partial charge < -0.3 is 15.8 Å². The smallest absolute Gasteiger partial charge is 0.143 e. The molecule has 4 nitrogen and oxygen atoms in total. The molecule has 0 fully saturated rings. The van der Waals surface area contributed by atoms with E-state index in [2.05, 4.69) is 21.2 Å². The fourth-order valence-electron chi connectivity index (χ4n) is 1.68. The number of nitrogens with one attached hydrogen (secondary N) is 1. The zero-order valence-corrected chi connectivity index (χ0v) is 12.2. The third-order valence-corrected chi connectivity index (χ3v) is 3.30. The van der Waals surface area contributed by atoms with Crippen molar-refractivity contribution in [3.05, 3.63) is 46.2 Å². The van der Waals surface area contributed by atoms with Crippen molar-refractivity contribution in [3.8, 4) is 11.8 Å². The highest BCUT2D eigenvalue weighted by Crippen LogP contribution is 2.33. The lowest BCUT2D eigenvalue weighted by atomic mass is 10.2. The van der Waals surface area contributed by atoms with Gasteiger partial charge in [0.2, 0.25) is 0 Å². The number of nitrogens with zero attached hydrogens (tertiary/aromatic N) is 1. The van der Waals surface area contributed by atoms with Gasteiger partial charge in [0.25, 0.3) is 0 Å². The first kappa shape index (κ1) is 14.2. The van der Waals surface area contributed by atoms with E-state index >= 15 is 0 Å². The molecule has 0 spiro atoms. The zero-order chi connectivity index (χ0) is 14.7. The Bertz CT molecular complexity index is 698. The molecular weight excluding hydrogens is 325 g/mol. The quantitative estimate of drug-likeness (QED) is 0.837. The van der Waals surface area contributed by atoms with E-state index in [0.29, 0.717) is 27.2 Å². The van der Waals surface area contributed by atoms with Crippen LogP contribution in [0.25, 0.3) is 0 Å². The molecule has 20 heavy (non-hydrogen) atoms. The van der Waals surface area contributed by atoms with E-state index in [1.807, 2.05) is 6.07 Å². The molecule has 2 rings (SSSR count). The van der Waals surface area contributed by atoms with Crippen molar-refractivity contribution in [3.63, 3.8) is 0 Å². The lowest BCUT2D eigenvalue weighted by Crippen LogP contribution is -2.00. The first-order chi connectivity index (χ1) is 9.55. The maximum atomic E-state index is 13.3. The maximum absolute atomic E-state index is 13.3. The van der Waals surface area contributed by atoms with Gasteiger partial charge in [-0.15, -0.1) is 0 Å². The van der Waals surface area contributed by atoms with Gasteiger partial charge in [-0.25, -0.2) is 4.39 Å². The molecular formula is C14H11BrFN3O. The number of nitriles is 1. The molecule has 0 saturated carbocycles. The Morgan fingerprint density at radius 1 is 1.30 bits per heavy atom. The average Bonchev–Trinajstić information content (AvgIpc) is 2.45. The number of hydrogen-bond acceptors (Lipinski definition) is 4. The molecule has 0 aliphatic rings. The van der Waals surface area contributed by atoms with Crippen LogP contribution in [0.5, 0.6) is 5.75 Å². The average molecular weight is 336 g/mol. The summed E-state index contributed by atoms with van der Waals surface area (Å²) in [6.45, 7) is 0. The van der Waals surface area contributed by atoms with Crippen molar-refractivity contribution in [1.29, 1.82) is 5.26 Å². The summed E-state index contributed by atoms with van der Waals surface area (Å²) in [4.78, 5) is 0. The van der Waals surface area contributed by atoms with Gasteiger partial charge in [0, 0.05) is 12.1 Å². The lowest BCUT2D eigenvalue weighted by Gasteiger charge is -2.13. The lowest BCUT2D eigenvalue weighted by molar-refractivity contribution is 0.416. The minimum absolute atomic E-state index is 0.275. The molecule has 0 bridgehead atoms. The molecule has 0 amide bonds. The molecule has 2 aromatic rings. The number of halogens is 2. The van der Waals surface area contributed by atoms with Gasteiger partial charge in [-0.3, -0.25) is 0 Å². The highest BCUT2D eigenvalue weighted by atomic mass is 79.9. The van der Waals surface area contributed by atoms with Crippen LogP contribution in [0.3, 0.4) is 0 Å². The van der Waals surface area contributed by atoms with Crippen LogP contribution >= 0.6 is 15.9 Å². The van der Waals surface area contributed by atoms with Crippen LogP contribution in [0, 0.1) is 17.1 Å². The van der Waals surface area contributed by atoms with Crippen LogP contribution in [-0.4, -0.2) is 7.11 Å². The Morgan fingerprint density at radius 2 is 2.05 bits per heavy atom. The van der Waals surface area contributed by atoms with Gasteiger partial charge >= 0.3 is 0 Å². The normalized spacial score (nSPS) is 9.90. The van der Waals surface area contributed by atoms with Crippen LogP contribution in [0.15, 0.2) is 34.8 Å². The third kappa shape index (κ3) is 2.83. The summed E-state index contributed by atoms with van der Waals surface area (Å²) in [5, 5.41) is 11.9. The summed E-state index contributed by atoms with van der Waals surface area (Å²) >= 11 is 3.11. The van der Waals surface area contributed by atoms with Crippen molar-refractivity contribution in [2.24, 2.45) is 0 Å². The number of nitrogens with two attached hydrogens (primary N) is 1. The summed E-state index contributed by atoms with van der Waals surface area (Å²) < 4.78 is 18.8. The standard InChI is InChI=1S/C14H11BrFN3O/c1-20-14-4-8(7-17)2-3-12(14)19-13-5-9(15)10(16)6-11(13)18/h2-6,19H,18H2,1H3. The van der Waals surface area contributed by atoms with Crippen molar-refractivity contribution < 1.29 is 9.13 Å². The van der Waals surface area contributed by atoms with Gasteiger partial charge in [-0.2, -0.15) is 5.26 Å². The Balaban J connectivity index is 2.40. The topological polar surface area (TPSA) is 71.1 Å². The fourth-order valence-corrected chi connectivity index (χ4v) is 2.02. The van der Waals surface area contributed by atoms with Gasteiger partial charge in [0.1, 0.15) is 11.6 Å². The SMILES string of the molecule is COc1cc(C#N)ccc1Nc1cc(Br)c(F)cc1N. The molecule has 0 atom stereocenters. The second-order valence-electron chi connectivity index (χ2n) is 4.01. The highest BCUT2D eigenvalue weighted by Gasteiger charge is 2.09. The van der Waals surface area contributed by atoms with Crippen molar-refractivity contribution in [2.75, 3.05) is 18.2 Å². The first-order valence-electron chi connectivity index (χ1n) is 5.65. The molecule has 0 unspecified atom stereocenters. The molecule has 0 aromatic heterocycles. The molecule has 0 aliphatic heterocycles. The summed E-state index contributed by atoms with van der Waals surface area (Å²) in [5.74, 6) is 0.0729. The second kappa shape index (κ2) is 5.80. The molecule has 0 saturated heterocycles. The molecule has 2 aromatic carbocycles. The largest absolute Gasteiger partial charge is 0.495 e. The van der Waals surface area contributed by atoms with Gasteiger partial charge in [-0.05, 0) is 34.1 Å². The molecule has 0 heterocycles. The summed E-state index contributed by atoms with van der Waals surface area (Å²) in [7, 11) is 1.51. The maximum Gasteiger partial charge on any atom is 0.143 e. The van der Waals surface area contributed by atoms with E-state index in [1.165, 1.54) is 13.2 Å². The van der Waals surface area contributed by atoms with Crippen LogP contribution < -0.4 is 15.8 Å². The van der Waals surface area contributed by atoms with E-state index in [4.69, 9.17) is 15.7 Å². The summed E-state index contributed by atoms with van der Waals surface area (Å²) in [6.07, 6.45) is 0. The molecule has 102 valence electrons. The first-order valence-corrected chi connectivity index (χ1v) is 6.44. The third-order valence-electron chi connectivity index (χ3n) is 2.69. The van der Waals surface area contributed by atoms with E-state index in [9.17, 15) is 4.39 Å². The zero-order valence-electron chi connectivity index (χ0n) is 10.6. The second-order valence-corrected chi connectivity index (χ2v) is 4.86. The Labute approximate surface area is 124 Å². The Morgan fingerprint density at radius 3 is 2.70 bits per heavy atom. The van der Waals surface area contributed by atoms with E-state index in [-0.39, 0.29) is 5.69 Å². The van der Waals surface area contributed by atoms with Crippen molar-refractivity contribution in [1.82, 2.24) is 0 Å². The van der Waals surface area contributed by atoms with Crippen molar-refractivity contribution in [2.45, 2.75) is 0 Å². The van der Waals surface area contributed by atoms with Crippen LogP contribution in [0.2, 0.25) is 0 Å². The molecule has 0 aliphatic carbocycles. The van der Waals surface area contributed by atoms with Crippen LogP contribution in [0.1, 0.15) is 5.56 Å². The molecule has 0 radical (unpaired) electrons. The number of methoxy groups -OCH3 is 1. The summed E-state index contributed by atoms with van der Waals surface area (Å²) in [6, 6.07) is 9.76. The number of rotatable bonds is 3. The highest BCUT2D eigenvalue weighted by molar-refractivity contribution is 9.10. The number of benzene rings is 2. The van der Waals surface area contributed by atoms with Gasteiger partial charge in [0.05, 0.1) is 40.3 Å². The molecule has 6 heteroatoms. The number of anilines is 3. The molecule has 3 N–H and O–H groups in total.